The molecule has 0 radical (unpaired) electrons. The van der Waals surface area contributed by atoms with Crippen LogP contribution in [0.15, 0.2) is 49.3 Å². The Bertz CT molecular complexity index is 918. The number of carbonyl (C=O) groups is 1. The highest BCUT2D eigenvalue weighted by Crippen LogP contribution is 2.24. The van der Waals surface area contributed by atoms with Gasteiger partial charge in [0, 0.05) is 24.8 Å². The lowest BCUT2D eigenvalue weighted by Crippen LogP contribution is -2.52. The lowest BCUT2D eigenvalue weighted by Gasteiger charge is -2.39. The van der Waals surface area contributed by atoms with Crippen molar-refractivity contribution in [3.8, 4) is 5.82 Å². The van der Waals surface area contributed by atoms with Crippen LogP contribution in [-0.4, -0.2) is 43.7 Å². The second-order valence-corrected chi connectivity index (χ2v) is 6.97. The maximum Gasteiger partial charge on any atom is 0.231 e. The summed E-state index contributed by atoms with van der Waals surface area (Å²) in [6.45, 7) is 3.45. The predicted molar refractivity (Wildman–Crippen MR) is 106 cm³/mol. The monoisotopic (exact) mass is 377 g/mol. The lowest BCUT2D eigenvalue weighted by atomic mass is 9.99. The number of aryl methyl sites for hydroxylation is 1. The van der Waals surface area contributed by atoms with E-state index in [4.69, 9.17) is 0 Å². The normalized spacial score (nSPS) is 14.0. The summed E-state index contributed by atoms with van der Waals surface area (Å²) in [6.07, 6.45) is 8.00. The SMILES string of the molecule is CCCCc1ccc(NC(=O)C2CN(c3cc(-n4cncn4)ncn3)C2)cc1. The van der Waals surface area contributed by atoms with E-state index in [1.54, 1.807) is 11.0 Å². The van der Waals surface area contributed by atoms with Crippen LogP contribution >= 0.6 is 0 Å². The van der Waals surface area contributed by atoms with Crippen molar-refractivity contribution in [1.82, 2.24) is 24.7 Å². The molecule has 28 heavy (non-hydrogen) atoms. The number of carbonyl (C=O) groups excluding carboxylic acids is 1. The molecule has 1 aliphatic heterocycles. The molecular weight excluding hydrogens is 354 g/mol. The second kappa shape index (κ2) is 8.16. The fourth-order valence-electron chi connectivity index (χ4n) is 3.17. The number of rotatable bonds is 7. The summed E-state index contributed by atoms with van der Waals surface area (Å²) in [5.41, 5.74) is 2.15. The average Bonchev–Trinajstić information content (AvgIpc) is 3.21. The van der Waals surface area contributed by atoms with Crippen LogP contribution in [0.4, 0.5) is 11.5 Å². The zero-order valence-corrected chi connectivity index (χ0v) is 15.8. The number of unbranched alkanes of at least 4 members (excludes halogenated alkanes) is 1. The van der Waals surface area contributed by atoms with Crippen molar-refractivity contribution in [2.24, 2.45) is 5.92 Å². The Morgan fingerprint density at radius 2 is 1.93 bits per heavy atom. The summed E-state index contributed by atoms with van der Waals surface area (Å²) in [4.78, 5) is 27.0. The number of nitrogens with one attached hydrogen (secondary N) is 1. The standard InChI is InChI=1S/C20H23N7O/c1-2-3-4-15-5-7-17(8-6-15)25-20(28)16-10-26(11-16)18-9-19(23-13-22-18)27-14-21-12-24-27/h5-9,12-14,16H,2-4,10-11H2,1H3,(H,25,28). The quantitative estimate of drug-likeness (QED) is 0.680. The Hall–Kier alpha value is -3.29. The lowest BCUT2D eigenvalue weighted by molar-refractivity contribution is -0.120. The van der Waals surface area contributed by atoms with Crippen LogP contribution in [0, 0.1) is 5.92 Å². The highest BCUT2D eigenvalue weighted by molar-refractivity contribution is 5.94. The molecule has 0 aliphatic carbocycles. The van der Waals surface area contributed by atoms with Gasteiger partial charge < -0.3 is 10.2 Å². The first kappa shape index (κ1) is 18.1. The van der Waals surface area contributed by atoms with Gasteiger partial charge in [0.05, 0.1) is 5.92 Å². The molecule has 0 saturated carbocycles. The zero-order chi connectivity index (χ0) is 19.3. The molecule has 3 aromatic rings. The third-order valence-corrected chi connectivity index (χ3v) is 4.91. The Morgan fingerprint density at radius 3 is 2.64 bits per heavy atom. The van der Waals surface area contributed by atoms with Crippen LogP contribution in [0.1, 0.15) is 25.3 Å². The molecule has 1 N–H and O–H groups in total. The molecule has 1 saturated heterocycles. The summed E-state index contributed by atoms with van der Waals surface area (Å²) >= 11 is 0. The maximum absolute atomic E-state index is 12.5. The third-order valence-electron chi connectivity index (χ3n) is 4.91. The van der Waals surface area contributed by atoms with E-state index in [9.17, 15) is 4.79 Å². The fraction of sp³-hybridized carbons (Fsp3) is 0.350. The fourth-order valence-corrected chi connectivity index (χ4v) is 3.17. The molecule has 1 amide bonds. The average molecular weight is 377 g/mol. The van der Waals surface area contributed by atoms with Crippen molar-refractivity contribution >= 4 is 17.4 Å². The van der Waals surface area contributed by atoms with E-state index in [-0.39, 0.29) is 11.8 Å². The zero-order valence-electron chi connectivity index (χ0n) is 15.8. The van der Waals surface area contributed by atoms with Gasteiger partial charge in [0.15, 0.2) is 5.82 Å². The Balaban J connectivity index is 1.31. The molecule has 1 fully saturated rings. The van der Waals surface area contributed by atoms with Gasteiger partial charge in [-0.05, 0) is 30.5 Å². The van der Waals surface area contributed by atoms with Gasteiger partial charge in [-0.2, -0.15) is 5.10 Å². The van der Waals surface area contributed by atoms with Gasteiger partial charge in [0.25, 0.3) is 0 Å². The maximum atomic E-state index is 12.5. The number of anilines is 2. The molecule has 0 spiro atoms. The molecule has 8 heteroatoms. The van der Waals surface area contributed by atoms with Crippen molar-refractivity contribution in [3.05, 3.63) is 54.9 Å². The van der Waals surface area contributed by atoms with Crippen molar-refractivity contribution < 1.29 is 4.79 Å². The van der Waals surface area contributed by atoms with Gasteiger partial charge in [0.1, 0.15) is 24.8 Å². The number of amides is 1. The smallest absolute Gasteiger partial charge is 0.231 e. The molecular formula is C20H23N7O. The van der Waals surface area contributed by atoms with Crippen molar-refractivity contribution in [3.63, 3.8) is 0 Å². The minimum Gasteiger partial charge on any atom is -0.355 e. The molecule has 0 atom stereocenters. The van der Waals surface area contributed by atoms with Crippen LogP contribution in [0.3, 0.4) is 0 Å². The summed E-state index contributed by atoms with van der Waals surface area (Å²) in [5, 5.41) is 7.09. The minimum atomic E-state index is -0.0513. The Kier molecular flexibility index (Phi) is 5.27. The number of hydrogen-bond donors (Lipinski definition) is 1. The van der Waals surface area contributed by atoms with Crippen LogP contribution < -0.4 is 10.2 Å². The highest BCUT2D eigenvalue weighted by Gasteiger charge is 2.33. The summed E-state index contributed by atoms with van der Waals surface area (Å²) < 4.78 is 1.58. The first-order valence-corrected chi connectivity index (χ1v) is 9.54. The molecule has 0 unspecified atom stereocenters. The van der Waals surface area contributed by atoms with E-state index in [1.165, 1.54) is 31.1 Å². The van der Waals surface area contributed by atoms with Gasteiger partial charge in [-0.25, -0.2) is 19.6 Å². The largest absolute Gasteiger partial charge is 0.355 e. The first-order valence-electron chi connectivity index (χ1n) is 9.54. The Labute approximate surface area is 163 Å². The summed E-state index contributed by atoms with van der Waals surface area (Å²) in [7, 11) is 0. The van der Waals surface area contributed by atoms with Gasteiger partial charge in [-0.15, -0.1) is 0 Å². The highest BCUT2D eigenvalue weighted by atomic mass is 16.2. The van der Waals surface area contributed by atoms with E-state index < -0.39 is 0 Å². The minimum absolute atomic E-state index is 0.0446. The number of benzene rings is 1. The van der Waals surface area contributed by atoms with Crippen LogP contribution in [0.2, 0.25) is 0 Å². The van der Waals surface area contributed by atoms with Gasteiger partial charge in [-0.3, -0.25) is 4.79 Å². The van der Waals surface area contributed by atoms with E-state index >= 15 is 0 Å². The van der Waals surface area contributed by atoms with E-state index in [1.807, 2.05) is 18.2 Å². The van der Waals surface area contributed by atoms with Crippen LogP contribution in [0.5, 0.6) is 0 Å². The number of nitrogens with zero attached hydrogens (tertiary/aromatic N) is 6. The van der Waals surface area contributed by atoms with Crippen LogP contribution in [-0.2, 0) is 11.2 Å². The van der Waals surface area contributed by atoms with Gasteiger partial charge >= 0.3 is 0 Å². The third kappa shape index (κ3) is 4.00. The summed E-state index contributed by atoms with van der Waals surface area (Å²) in [6, 6.07) is 9.98. The Morgan fingerprint density at radius 1 is 1.14 bits per heavy atom. The van der Waals surface area contributed by atoms with Gasteiger partial charge in [-0.1, -0.05) is 25.5 Å². The molecule has 2 aromatic heterocycles. The van der Waals surface area contributed by atoms with E-state index in [2.05, 4.69) is 49.3 Å². The molecule has 144 valence electrons. The number of aromatic nitrogens is 5. The second-order valence-electron chi connectivity index (χ2n) is 6.97. The van der Waals surface area contributed by atoms with Gasteiger partial charge in [0.2, 0.25) is 5.91 Å². The topological polar surface area (TPSA) is 88.8 Å². The molecule has 3 heterocycles. The molecule has 0 bridgehead atoms. The van der Waals surface area contributed by atoms with E-state index in [0.717, 1.165) is 17.9 Å². The van der Waals surface area contributed by atoms with Crippen molar-refractivity contribution in [2.45, 2.75) is 26.2 Å². The molecule has 1 aromatic carbocycles. The van der Waals surface area contributed by atoms with E-state index in [0.29, 0.717) is 18.9 Å². The predicted octanol–water partition coefficient (Wildman–Crippen LogP) is 2.47. The molecule has 8 nitrogen and oxygen atoms in total. The van der Waals surface area contributed by atoms with Crippen molar-refractivity contribution in [1.29, 1.82) is 0 Å². The summed E-state index contributed by atoms with van der Waals surface area (Å²) in [5.74, 6) is 1.43. The molecule has 1 aliphatic rings. The molecule has 4 rings (SSSR count). The number of hydrogen-bond acceptors (Lipinski definition) is 6. The van der Waals surface area contributed by atoms with Crippen molar-refractivity contribution in [2.75, 3.05) is 23.3 Å². The first-order chi connectivity index (χ1) is 13.7. The van der Waals surface area contributed by atoms with Crippen LogP contribution in [0.25, 0.3) is 5.82 Å².